The first-order chi connectivity index (χ1) is 41.7. The van der Waals surface area contributed by atoms with Gasteiger partial charge in [0.05, 0.1) is 56.7 Å². The summed E-state index contributed by atoms with van der Waals surface area (Å²) in [7, 11) is 0. The molecule has 5 rings (SSSR count). The minimum absolute atomic E-state index is 0.0224. The number of aromatic nitrogens is 4. The Balaban J connectivity index is 1.48. The van der Waals surface area contributed by atoms with Gasteiger partial charge in [-0.3, -0.25) is 5.10 Å². The van der Waals surface area contributed by atoms with Crippen molar-refractivity contribution < 1.29 is 46.0 Å². The SMILES string of the molecule is CCCCCCCCOc1cc(-c2[nH]c(-c3cc(-c4[nH]c(-c5cc(OCCCCCCCC)c(OCCCCCCCC)c(OCCCCCCCC)c5)c(F)c4F)[nH]n3)c(F)c2F)cc(OCCCCCCCC)c1OCCCCCCCC. The van der Waals surface area contributed by atoms with Gasteiger partial charge in [0.15, 0.2) is 46.3 Å². The van der Waals surface area contributed by atoms with Crippen LogP contribution in [0.15, 0.2) is 30.3 Å². The number of unbranched alkanes of at least 4 members (excludes halogenated alkanes) is 30. The van der Waals surface area contributed by atoms with Gasteiger partial charge in [0.2, 0.25) is 11.5 Å². The molecule has 0 saturated carbocycles. The third-order valence-electron chi connectivity index (χ3n) is 16.0. The number of aromatic amines is 3. The van der Waals surface area contributed by atoms with Gasteiger partial charge in [-0.15, -0.1) is 0 Å². The summed E-state index contributed by atoms with van der Waals surface area (Å²) in [4.78, 5) is 5.93. The number of halogens is 4. The van der Waals surface area contributed by atoms with Crippen LogP contribution < -0.4 is 28.4 Å². The van der Waals surface area contributed by atoms with Gasteiger partial charge >= 0.3 is 0 Å². The maximum Gasteiger partial charge on any atom is 0.203 e. The van der Waals surface area contributed by atoms with Gasteiger partial charge in [-0.1, -0.05) is 234 Å². The van der Waals surface area contributed by atoms with Crippen molar-refractivity contribution in [2.24, 2.45) is 0 Å². The molecule has 14 heteroatoms. The molecule has 0 spiro atoms. The topological polar surface area (TPSA) is 116 Å². The number of rotatable bonds is 52. The molecule has 3 heterocycles. The van der Waals surface area contributed by atoms with Crippen molar-refractivity contribution in [3.8, 4) is 79.8 Å². The van der Waals surface area contributed by atoms with Crippen LogP contribution in [-0.2, 0) is 0 Å². The van der Waals surface area contributed by atoms with E-state index in [-0.39, 0.29) is 34.2 Å². The van der Waals surface area contributed by atoms with Gasteiger partial charge in [0, 0.05) is 11.1 Å². The van der Waals surface area contributed by atoms with Crippen molar-refractivity contribution in [1.82, 2.24) is 20.2 Å². The van der Waals surface area contributed by atoms with Crippen LogP contribution in [0.3, 0.4) is 0 Å². The lowest BCUT2D eigenvalue weighted by Crippen LogP contribution is -2.07. The molecule has 478 valence electrons. The normalized spacial score (nSPS) is 11.5. The number of benzene rings is 2. The highest BCUT2D eigenvalue weighted by Crippen LogP contribution is 2.46. The van der Waals surface area contributed by atoms with Crippen LogP contribution >= 0.6 is 0 Å². The van der Waals surface area contributed by atoms with Crippen molar-refractivity contribution in [1.29, 1.82) is 0 Å². The van der Waals surface area contributed by atoms with E-state index in [0.29, 0.717) is 85.3 Å². The molecule has 0 radical (unpaired) electrons. The molecule has 5 aromatic rings. The third kappa shape index (κ3) is 24.4. The van der Waals surface area contributed by atoms with E-state index < -0.39 is 23.3 Å². The zero-order valence-corrected chi connectivity index (χ0v) is 53.5. The van der Waals surface area contributed by atoms with Crippen molar-refractivity contribution in [2.45, 2.75) is 273 Å². The summed E-state index contributed by atoms with van der Waals surface area (Å²) in [5.41, 5.74) is -0.222. The van der Waals surface area contributed by atoms with Crippen LogP contribution in [0.2, 0.25) is 0 Å². The van der Waals surface area contributed by atoms with Crippen LogP contribution in [0.4, 0.5) is 17.6 Å². The summed E-state index contributed by atoms with van der Waals surface area (Å²) in [6.45, 7) is 15.8. The van der Waals surface area contributed by atoms with Gasteiger partial charge in [-0.05, 0) is 68.9 Å². The van der Waals surface area contributed by atoms with Crippen molar-refractivity contribution in [2.75, 3.05) is 39.6 Å². The van der Waals surface area contributed by atoms with Crippen LogP contribution in [0.1, 0.15) is 273 Å². The number of ether oxygens (including phenoxy) is 6. The van der Waals surface area contributed by atoms with Crippen LogP contribution in [-0.4, -0.2) is 59.8 Å². The highest BCUT2D eigenvalue weighted by molar-refractivity contribution is 5.76. The van der Waals surface area contributed by atoms with E-state index in [1.165, 1.54) is 96.0 Å². The zero-order valence-electron chi connectivity index (χ0n) is 53.5. The van der Waals surface area contributed by atoms with E-state index in [9.17, 15) is 0 Å². The van der Waals surface area contributed by atoms with E-state index >= 15 is 17.6 Å². The number of nitrogens with one attached hydrogen (secondary N) is 3. The summed E-state index contributed by atoms with van der Waals surface area (Å²) in [5.74, 6) is -2.09. The first-order valence-corrected chi connectivity index (χ1v) is 34.0. The van der Waals surface area contributed by atoms with Crippen LogP contribution in [0, 0.1) is 23.3 Å². The number of hydrogen-bond donors (Lipinski definition) is 3. The average Bonchev–Trinajstić information content (AvgIpc) is 1.96. The van der Waals surface area contributed by atoms with Crippen molar-refractivity contribution in [3.63, 3.8) is 0 Å². The maximum absolute atomic E-state index is 16.5. The molecule has 0 atom stereocenters. The first kappa shape index (κ1) is 70.5. The Bertz CT molecular complexity index is 2310. The second-order valence-electron chi connectivity index (χ2n) is 23.5. The molecule has 2 aromatic carbocycles. The molecular weight excluding hydrogens is 1080 g/mol. The predicted molar refractivity (Wildman–Crippen MR) is 342 cm³/mol. The van der Waals surface area contributed by atoms with E-state index in [4.69, 9.17) is 28.4 Å². The van der Waals surface area contributed by atoms with Gasteiger partial charge in [0.1, 0.15) is 17.1 Å². The monoisotopic (exact) mass is 1190 g/mol. The van der Waals surface area contributed by atoms with E-state index in [1.54, 1.807) is 24.3 Å². The molecule has 85 heavy (non-hydrogen) atoms. The number of hydrogen-bond acceptors (Lipinski definition) is 7. The largest absolute Gasteiger partial charge is 0.490 e. The maximum atomic E-state index is 16.5. The number of H-pyrrole nitrogens is 3. The minimum atomic E-state index is -1.18. The Labute approximate surface area is 509 Å². The second kappa shape index (κ2) is 42.6. The Morgan fingerprint density at radius 3 is 0.847 bits per heavy atom. The molecule has 0 aliphatic heterocycles. The minimum Gasteiger partial charge on any atom is -0.490 e. The summed E-state index contributed by atoms with van der Waals surface area (Å²) in [5, 5.41) is 7.08. The lowest BCUT2D eigenvalue weighted by molar-refractivity contribution is 0.234. The molecule has 0 fully saturated rings. The Morgan fingerprint density at radius 1 is 0.294 bits per heavy atom. The molecule has 0 unspecified atom stereocenters. The molecule has 3 aromatic heterocycles. The van der Waals surface area contributed by atoms with Gasteiger partial charge < -0.3 is 38.4 Å². The quantitative estimate of drug-likeness (QED) is 0.0262. The van der Waals surface area contributed by atoms with Crippen molar-refractivity contribution in [3.05, 3.63) is 53.6 Å². The fourth-order valence-corrected chi connectivity index (χ4v) is 10.8. The number of nitrogens with zero attached hydrogens (tertiary/aromatic N) is 1. The molecule has 3 N–H and O–H groups in total. The van der Waals surface area contributed by atoms with Gasteiger partial charge in [-0.2, -0.15) is 5.10 Å². The lowest BCUT2D eigenvalue weighted by Gasteiger charge is -2.19. The summed E-state index contributed by atoms with van der Waals surface area (Å²) in [6.07, 6.45) is 39.0. The smallest absolute Gasteiger partial charge is 0.203 e. The fourth-order valence-electron chi connectivity index (χ4n) is 10.8. The standard InChI is InChI=1S/C71H110F4N4O6/c1-7-13-19-25-31-37-43-80-58-49-54(50-59(81-44-38-32-26-20-14-8-2)70(58)84-47-41-35-29-23-17-11-5)66-62(72)64(74)68(76-66)56-53-57(79-78-56)69-65(75)63(73)67(77-69)55-51-60(82-45-39-33-27-21-15-9-3)71(85-48-42-36-30-24-18-12-6)61(52-55)83-46-40-34-28-22-16-10-4/h49-53,76-77H,7-48H2,1-6H3,(H,78,79). The van der Waals surface area contributed by atoms with E-state index in [1.807, 2.05) is 0 Å². The average molecular weight is 1190 g/mol. The molecular formula is C71H110F4N4O6. The van der Waals surface area contributed by atoms with Gasteiger partial charge in [-0.25, -0.2) is 17.6 Å². The Kier molecular flexibility index (Phi) is 35.3. The first-order valence-electron chi connectivity index (χ1n) is 34.0. The van der Waals surface area contributed by atoms with Crippen LogP contribution in [0.5, 0.6) is 34.5 Å². The van der Waals surface area contributed by atoms with Crippen LogP contribution in [0.25, 0.3) is 45.3 Å². The molecule has 0 saturated heterocycles. The molecule has 0 amide bonds. The Morgan fingerprint density at radius 2 is 0.541 bits per heavy atom. The highest BCUT2D eigenvalue weighted by Gasteiger charge is 2.28. The fraction of sp³-hybridized carbons (Fsp3) is 0.676. The predicted octanol–water partition coefficient (Wildman–Crippen LogP) is 22.7. The second-order valence-corrected chi connectivity index (χ2v) is 23.5. The highest BCUT2D eigenvalue weighted by atomic mass is 19.2. The van der Waals surface area contributed by atoms with Gasteiger partial charge in [0.25, 0.3) is 0 Å². The Hall–Kier alpha value is -5.27. The zero-order chi connectivity index (χ0) is 60.7. The summed E-state index contributed by atoms with van der Waals surface area (Å²) in [6, 6.07) is 8.10. The molecule has 0 bridgehead atoms. The molecule has 0 aliphatic carbocycles. The lowest BCUT2D eigenvalue weighted by atomic mass is 10.1. The third-order valence-corrected chi connectivity index (χ3v) is 16.0. The summed E-state index contributed by atoms with van der Waals surface area (Å²) < 4.78 is 105. The summed E-state index contributed by atoms with van der Waals surface area (Å²) >= 11 is 0. The molecule has 0 aliphatic rings. The molecule has 10 nitrogen and oxygen atoms in total. The van der Waals surface area contributed by atoms with E-state index in [0.717, 1.165) is 141 Å². The van der Waals surface area contributed by atoms with Crippen molar-refractivity contribution >= 4 is 0 Å². The van der Waals surface area contributed by atoms with E-state index in [2.05, 4.69) is 61.7 Å².